The third-order valence-electron chi connectivity index (χ3n) is 4.91. The number of aliphatic hydroxyl groups is 1. The summed E-state index contributed by atoms with van der Waals surface area (Å²) in [5, 5.41) is 29.1. The minimum Gasteiger partial charge on any atom is -0.411 e. The van der Waals surface area contributed by atoms with Crippen molar-refractivity contribution >= 4 is 17.1 Å². The van der Waals surface area contributed by atoms with Crippen LogP contribution in [-0.2, 0) is 11.3 Å². The molecule has 1 amide bonds. The van der Waals surface area contributed by atoms with Crippen molar-refractivity contribution < 1.29 is 15.1 Å². The number of aromatic nitrogens is 3. The number of carbonyl (C=O) groups excluding carboxylic acids is 1. The molecule has 0 bridgehead atoms. The van der Waals surface area contributed by atoms with Gasteiger partial charge in [0.25, 0.3) is 5.56 Å². The van der Waals surface area contributed by atoms with Gasteiger partial charge in [0.1, 0.15) is 17.8 Å². The molecule has 3 N–H and O–H groups in total. The zero-order chi connectivity index (χ0) is 19.9. The van der Waals surface area contributed by atoms with E-state index in [2.05, 4.69) is 15.6 Å². The molecule has 0 aliphatic heterocycles. The van der Waals surface area contributed by atoms with Gasteiger partial charge in [-0.05, 0) is 44.2 Å². The number of oxime groups is 1. The van der Waals surface area contributed by atoms with Crippen molar-refractivity contribution in [2.45, 2.75) is 64.6 Å². The molecule has 3 rings (SSSR count). The molecule has 0 aromatic carbocycles. The van der Waals surface area contributed by atoms with Gasteiger partial charge in [-0.15, -0.1) is 5.10 Å². The Morgan fingerprint density at radius 2 is 2.15 bits per heavy atom. The molecule has 0 unspecified atom stereocenters. The van der Waals surface area contributed by atoms with Gasteiger partial charge >= 0.3 is 0 Å². The maximum atomic E-state index is 12.8. The smallest absolute Gasteiger partial charge is 0.291 e. The molecular formula is C18H25N5O4. The molecule has 1 aliphatic rings. The molecule has 0 radical (unpaired) electrons. The molecular weight excluding hydrogens is 350 g/mol. The highest BCUT2D eigenvalue weighted by molar-refractivity contribution is 5.95. The van der Waals surface area contributed by atoms with Crippen LogP contribution in [0.3, 0.4) is 0 Å². The quantitative estimate of drug-likeness (QED) is 0.406. The second-order valence-electron chi connectivity index (χ2n) is 7.82. The first-order valence-corrected chi connectivity index (χ1v) is 8.95. The lowest BCUT2D eigenvalue weighted by Gasteiger charge is -2.41. The summed E-state index contributed by atoms with van der Waals surface area (Å²) in [5.41, 5.74) is 0.403. The van der Waals surface area contributed by atoms with Crippen LogP contribution in [0.1, 0.15) is 57.8 Å². The van der Waals surface area contributed by atoms with Crippen molar-refractivity contribution in [3.05, 3.63) is 34.0 Å². The highest BCUT2D eigenvalue weighted by Crippen LogP contribution is 2.31. The van der Waals surface area contributed by atoms with Gasteiger partial charge in [0.15, 0.2) is 5.82 Å². The van der Waals surface area contributed by atoms with E-state index in [-0.39, 0.29) is 30.1 Å². The number of nitrogens with zero attached hydrogens (tertiary/aromatic N) is 4. The number of nitrogens with one attached hydrogen (secondary N) is 1. The van der Waals surface area contributed by atoms with Crippen LogP contribution in [0.2, 0.25) is 0 Å². The van der Waals surface area contributed by atoms with Crippen molar-refractivity contribution in [1.82, 2.24) is 19.5 Å². The van der Waals surface area contributed by atoms with Gasteiger partial charge in [0.2, 0.25) is 5.91 Å². The zero-order valence-electron chi connectivity index (χ0n) is 15.9. The molecule has 2 aromatic heterocycles. The first kappa shape index (κ1) is 19.1. The Kier molecular flexibility index (Phi) is 4.81. The van der Waals surface area contributed by atoms with E-state index >= 15 is 0 Å². The Morgan fingerprint density at radius 1 is 1.48 bits per heavy atom. The van der Waals surface area contributed by atoms with Gasteiger partial charge in [0, 0.05) is 12.2 Å². The molecule has 9 heteroatoms. The molecule has 1 aliphatic carbocycles. The number of fused-ring (bicyclic) bond motifs is 1. The van der Waals surface area contributed by atoms with Crippen LogP contribution in [0.15, 0.2) is 22.2 Å². The fraction of sp³-hybridized carbons (Fsp3) is 0.556. The average Bonchev–Trinajstić information content (AvgIpc) is 3.01. The van der Waals surface area contributed by atoms with E-state index in [1.807, 2.05) is 13.8 Å². The largest absolute Gasteiger partial charge is 0.411 e. The highest BCUT2D eigenvalue weighted by atomic mass is 16.4. The maximum Gasteiger partial charge on any atom is 0.291 e. The van der Waals surface area contributed by atoms with E-state index in [4.69, 9.17) is 5.21 Å². The Balaban J connectivity index is 1.94. The number of hydrogen-bond donors (Lipinski definition) is 3. The molecule has 1 saturated carbocycles. The third kappa shape index (κ3) is 3.73. The van der Waals surface area contributed by atoms with Crippen molar-refractivity contribution in [2.75, 3.05) is 0 Å². The molecule has 146 valence electrons. The number of amides is 1. The van der Waals surface area contributed by atoms with Crippen molar-refractivity contribution in [1.29, 1.82) is 0 Å². The van der Waals surface area contributed by atoms with Gasteiger partial charge < -0.3 is 15.6 Å². The summed E-state index contributed by atoms with van der Waals surface area (Å²) in [5.74, 6) is 0.139. The summed E-state index contributed by atoms with van der Waals surface area (Å²) in [4.78, 5) is 25.1. The fourth-order valence-corrected chi connectivity index (χ4v) is 3.39. The van der Waals surface area contributed by atoms with Crippen molar-refractivity contribution in [3.63, 3.8) is 0 Å². The van der Waals surface area contributed by atoms with Gasteiger partial charge in [-0.2, -0.15) is 0 Å². The molecule has 1 fully saturated rings. The highest BCUT2D eigenvalue weighted by Gasteiger charge is 2.39. The second kappa shape index (κ2) is 6.80. The van der Waals surface area contributed by atoms with E-state index in [1.54, 1.807) is 30.5 Å². The van der Waals surface area contributed by atoms with Crippen LogP contribution < -0.4 is 10.9 Å². The standard InChI is InChI=1S/C18H25N5O4/c1-10(2)12-5-14-17(25)23(20-16(11(3)21-27)22(14)8-12)9-15(24)19-13-6-18(4,26)7-13/h5,8,10,13,26-27H,6-7,9H2,1-4H3,(H,19,24)/b21-11-/t13-,18+. The van der Waals surface area contributed by atoms with Crippen LogP contribution in [0, 0.1) is 0 Å². The van der Waals surface area contributed by atoms with Crippen LogP contribution in [-0.4, -0.2) is 47.8 Å². The SMILES string of the molecule is C/C(=N/O)c1nn(CC(=O)N[C@H]2C[C@@](C)(O)C2)c(=O)c2cc(C(C)C)cn12. The first-order valence-electron chi connectivity index (χ1n) is 8.95. The normalized spacial score (nSPS) is 22.9. The minimum absolute atomic E-state index is 0.104. The summed E-state index contributed by atoms with van der Waals surface area (Å²) in [7, 11) is 0. The molecule has 0 saturated heterocycles. The van der Waals surface area contributed by atoms with E-state index in [1.165, 1.54) is 0 Å². The van der Waals surface area contributed by atoms with Gasteiger partial charge in [-0.3, -0.25) is 14.0 Å². The summed E-state index contributed by atoms with van der Waals surface area (Å²) < 4.78 is 2.67. The second-order valence-corrected chi connectivity index (χ2v) is 7.82. The maximum absolute atomic E-state index is 12.8. The summed E-state index contributed by atoms with van der Waals surface area (Å²) >= 11 is 0. The molecule has 0 atom stereocenters. The molecule has 2 aromatic rings. The van der Waals surface area contributed by atoms with Gasteiger partial charge in [-0.1, -0.05) is 19.0 Å². The van der Waals surface area contributed by atoms with E-state index in [0.717, 1.165) is 10.2 Å². The Morgan fingerprint density at radius 3 is 2.70 bits per heavy atom. The molecule has 2 heterocycles. The number of hydrogen-bond acceptors (Lipinski definition) is 6. The van der Waals surface area contributed by atoms with Crippen LogP contribution in [0.5, 0.6) is 0 Å². The lowest BCUT2D eigenvalue weighted by atomic mass is 9.77. The lowest BCUT2D eigenvalue weighted by Crippen LogP contribution is -2.54. The molecule has 0 spiro atoms. The van der Waals surface area contributed by atoms with Crippen LogP contribution in [0.25, 0.3) is 5.52 Å². The number of carbonyl (C=O) groups is 1. The predicted octanol–water partition coefficient (Wildman–Crippen LogP) is 0.847. The minimum atomic E-state index is -0.743. The fourth-order valence-electron chi connectivity index (χ4n) is 3.39. The van der Waals surface area contributed by atoms with Crippen LogP contribution >= 0.6 is 0 Å². The predicted molar refractivity (Wildman–Crippen MR) is 99.3 cm³/mol. The number of rotatable bonds is 5. The average molecular weight is 375 g/mol. The van der Waals surface area contributed by atoms with Crippen LogP contribution in [0.4, 0.5) is 0 Å². The van der Waals surface area contributed by atoms with Crippen molar-refractivity contribution in [3.8, 4) is 0 Å². The van der Waals surface area contributed by atoms with Crippen molar-refractivity contribution in [2.24, 2.45) is 5.16 Å². The first-order chi connectivity index (χ1) is 12.6. The lowest BCUT2D eigenvalue weighted by molar-refractivity contribution is -0.125. The van der Waals surface area contributed by atoms with Gasteiger partial charge in [-0.25, -0.2) is 4.68 Å². The summed E-state index contributed by atoms with van der Waals surface area (Å²) in [6.07, 6.45) is 2.76. The topological polar surface area (TPSA) is 121 Å². The summed E-state index contributed by atoms with van der Waals surface area (Å²) in [6.45, 7) is 7.06. The Labute approximate surface area is 156 Å². The Hall–Kier alpha value is -2.68. The third-order valence-corrected chi connectivity index (χ3v) is 4.91. The summed E-state index contributed by atoms with van der Waals surface area (Å²) in [6, 6.07) is 1.66. The molecule has 27 heavy (non-hydrogen) atoms. The zero-order valence-corrected chi connectivity index (χ0v) is 15.9. The monoisotopic (exact) mass is 375 g/mol. The van der Waals surface area contributed by atoms with Gasteiger partial charge in [0.05, 0.1) is 5.60 Å². The van der Waals surface area contributed by atoms with E-state index < -0.39 is 11.2 Å². The Bertz CT molecular complexity index is 962. The van der Waals surface area contributed by atoms with E-state index in [9.17, 15) is 14.7 Å². The molecule has 9 nitrogen and oxygen atoms in total. The van der Waals surface area contributed by atoms with E-state index in [0.29, 0.717) is 24.2 Å².